The molecule has 2 heterocycles. The van der Waals surface area contributed by atoms with E-state index in [4.69, 9.17) is 4.42 Å². The molecule has 3 heteroatoms. The highest BCUT2D eigenvalue weighted by Crippen LogP contribution is 2.41. The molecule has 1 N–H and O–H groups in total. The second-order valence-corrected chi connectivity index (χ2v) is 5.24. The van der Waals surface area contributed by atoms with E-state index in [2.05, 4.69) is 17.2 Å². The van der Waals surface area contributed by atoms with Crippen molar-refractivity contribution in [3.63, 3.8) is 0 Å². The predicted octanol–water partition coefficient (Wildman–Crippen LogP) is 2.40. The second-order valence-electron chi connectivity index (χ2n) is 5.24. The fourth-order valence-electron chi connectivity index (χ4n) is 2.63. The summed E-state index contributed by atoms with van der Waals surface area (Å²) in [5, 5.41) is 3.44. The number of hydrogen-bond acceptors (Lipinski definition) is 3. The number of oxazole rings is 1. The Bertz CT molecular complexity index is 362. The first kappa shape index (κ1) is 10.3. The van der Waals surface area contributed by atoms with Gasteiger partial charge in [-0.25, -0.2) is 4.98 Å². The van der Waals surface area contributed by atoms with Gasteiger partial charge in [-0.05, 0) is 51.6 Å². The van der Waals surface area contributed by atoms with Crippen molar-refractivity contribution in [3.05, 3.63) is 17.3 Å². The van der Waals surface area contributed by atoms with Gasteiger partial charge >= 0.3 is 0 Å². The summed E-state index contributed by atoms with van der Waals surface area (Å²) in [5.74, 6) is 3.45. The van der Waals surface area contributed by atoms with Crippen LogP contribution in [0.3, 0.4) is 0 Å². The normalized spacial score (nSPS) is 25.9. The molecule has 0 radical (unpaired) electrons. The molecular formula is C13H20N2O. The highest BCUT2D eigenvalue weighted by atomic mass is 16.4. The van der Waals surface area contributed by atoms with Crippen molar-refractivity contribution < 1.29 is 4.42 Å². The molecule has 3 rings (SSSR count). The molecule has 1 aliphatic carbocycles. The van der Waals surface area contributed by atoms with Gasteiger partial charge in [-0.1, -0.05) is 0 Å². The third-order valence-corrected chi connectivity index (χ3v) is 3.70. The molecular weight excluding hydrogens is 200 g/mol. The Labute approximate surface area is 96.6 Å². The number of piperidine rings is 1. The van der Waals surface area contributed by atoms with Gasteiger partial charge in [0.2, 0.25) is 0 Å². The van der Waals surface area contributed by atoms with Crippen LogP contribution in [0.25, 0.3) is 0 Å². The summed E-state index contributed by atoms with van der Waals surface area (Å²) in [5.41, 5.74) is 1.23. The van der Waals surface area contributed by atoms with Gasteiger partial charge < -0.3 is 9.73 Å². The first-order valence-corrected chi connectivity index (χ1v) is 6.50. The summed E-state index contributed by atoms with van der Waals surface area (Å²) >= 11 is 0. The van der Waals surface area contributed by atoms with Crippen LogP contribution < -0.4 is 5.32 Å². The van der Waals surface area contributed by atoms with E-state index < -0.39 is 0 Å². The van der Waals surface area contributed by atoms with Gasteiger partial charge in [0.1, 0.15) is 5.76 Å². The molecule has 16 heavy (non-hydrogen) atoms. The van der Waals surface area contributed by atoms with Crippen molar-refractivity contribution in [2.24, 2.45) is 5.92 Å². The van der Waals surface area contributed by atoms with Gasteiger partial charge in [0, 0.05) is 12.3 Å². The lowest BCUT2D eigenvalue weighted by Gasteiger charge is -2.21. The molecule has 0 bridgehead atoms. The molecule has 1 aliphatic heterocycles. The quantitative estimate of drug-likeness (QED) is 0.850. The fraction of sp³-hybridized carbons (Fsp3) is 0.769. The Morgan fingerprint density at radius 2 is 2.25 bits per heavy atom. The minimum atomic E-state index is 0.710. The van der Waals surface area contributed by atoms with Crippen molar-refractivity contribution in [1.82, 2.24) is 10.3 Å². The summed E-state index contributed by atoms with van der Waals surface area (Å²) in [6.07, 6.45) is 6.23. The van der Waals surface area contributed by atoms with E-state index in [-0.39, 0.29) is 0 Å². The average Bonchev–Trinajstić information content (AvgIpc) is 3.06. The zero-order valence-electron chi connectivity index (χ0n) is 9.96. The predicted molar refractivity (Wildman–Crippen MR) is 62.5 cm³/mol. The Kier molecular flexibility index (Phi) is 2.72. The van der Waals surface area contributed by atoms with E-state index in [9.17, 15) is 0 Å². The maximum absolute atomic E-state index is 5.78. The van der Waals surface area contributed by atoms with E-state index in [0.29, 0.717) is 5.92 Å². The first-order chi connectivity index (χ1) is 7.83. The summed E-state index contributed by atoms with van der Waals surface area (Å²) in [7, 11) is 0. The Morgan fingerprint density at radius 1 is 1.38 bits per heavy atom. The van der Waals surface area contributed by atoms with Crippen LogP contribution in [-0.4, -0.2) is 18.1 Å². The van der Waals surface area contributed by atoms with Crippen LogP contribution >= 0.6 is 0 Å². The zero-order valence-corrected chi connectivity index (χ0v) is 9.96. The SMILES string of the molecule is Cc1oc(CC2CCCNC2)nc1C1CC1. The van der Waals surface area contributed by atoms with Crippen LogP contribution in [0.1, 0.15) is 48.9 Å². The average molecular weight is 220 g/mol. The third-order valence-electron chi connectivity index (χ3n) is 3.70. The largest absolute Gasteiger partial charge is 0.446 e. The Morgan fingerprint density at radius 3 is 2.94 bits per heavy atom. The molecule has 1 aromatic rings. The lowest BCUT2D eigenvalue weighted by atomic mass is 9.96. The number of hydrogen-bond donors (Lipinski definition) is 1. The zero-order chi connectivity index (χ0) is 11.0. The smallest absolute Gasteiger partial charge is 0.194 e. The van der Waals surface area contributed by atoms with Crippen LogP contribution in [0, 0.1) is 12.8 Å². The maximum Gasteiger partial charge on any atom is 0.194 e. The van der Waals surface area contributed by atoms with Gasteiger partial charge in [-0.2, -0.15) is 0 Å². The molecule has 0 aromatic carbocycles. The number of nitrogens with zero attached hydrogens (tertiary/aromatic N) is 1. The van der Waals surface area contributed by atoms with Crippen LogP contribution in [0.2, 0.25) is 0 Å². The van der Waals surface area contributed by atoms with E-state index in [1.807, 2.05) is 0 Å². The van der Waals surface area contributed by atoms with Gasteiger partial charge in [0.25, 0.3) is 0 Å². The summed E-state index contributed by atoms with van der Waals surface area (Å²) in [6.45, 7) is 4.36. The van der Waals surface area contributed by atoms with Crippen LogP contribution in [0.15, 0.2) is 4.42 Å². The molecule has 2 fully saturated rings. The minimum absolute atomic E-state index is 0.710. The summed E-state index contributed by atoms with van der Waals surface area (Å²) < 4.78 is 5.78. The van der Waals surface area contributed by atoms with Crippen LogP contribution in [0.4, 0.5) is 0 Å². The van der Waals surface area contributed by atoms with Crippen molar-refractivity contribution in [3.8, 4) is 0 Å². The third kappa shape index (κ3) is 2.14. The van der Waals surface area contributed by atoms with Gasteiger partial charge in [0.15, 0.2) is 5.89 Å². The molecule has 1 atom stereocenters. The molecule has 0 spiro atoms. The minimum Gasteiger partial charge on any atom is -0.446 e. The number of aromatic nitrogens is 1. The number of nitrogens with one attached hydrogen (secondary N) is 1. The lowest BCUT2D eigenvalue weighted by Crippen LogP contribution is -2.30. The molecule has 1 aromatic heterocycles. The van der Waals surface area contributed by atoms with Gasteiger partial charge in [0.05, 0.1) is 5.69 Å². The van der Waals surface area contributed by atoms with Crippen molar-refractivity contribution in [1.29, 1.82) is 0 Å². The summed E-state index contributed by atoms with van der Waals surface area (Å²) in [4.78, 5) is 4.67. The maximum atomic E-state index is 5.78. The van der Waals surface area contributed by atoms with Crippen molar-refractivity contribution >= 4 is 0 Å². The van der Waals surface area contributed by atoms with Gasteiger partial charge in [-0.3, -0.25) is 0 Å². The van der Waals surface area contributed by atoms with Crippen molar-refractivity contribution in [2.75, 3.05) is 13.1 Å². The Hall–Kier alpha value is -0.830. The molecule has 88 valence electrons. The highest BCUT2D eigenvalue weighted by molar-refractivity contribution is 5.18. The van der Waals surface area contributed by atoms with Gasteiger partial charge in [-0.15, -0.1) is 0 Å². The molecule has 1 saturated carbocycles. The van der Waals surface area contributed by atoms with Crippen LogP contribution in [-0.2, 0) is 6.42 Å². The first-order valence-electron chi connectivity index (χ1n) is 6.50. The molecule has 1 unspecified atom stereocenters. The standard InChI is InChI=1S/C13H20N2O/c1-9-13(11-4-5-11)15-12(16-9)7-10-3-2-6-14-8-10/h10-11,14H,2-8H2,1H3. The van der Waals surface area contributed by atoms with E-state index >= 15 is 0 Å². The fourth-order valence-corrected chi connectivity index (χ4v) is 2.63. The Balaban J connectivity index is 1.66. The molecule has 2 aliphatic rings. The molecule has 1 saturated heterocycles. The van der Waals surface area contributed by atoms with E-state index in [1.54, 1.807) is 0 Å². The number of rotatable bonds is 3. The van der Waals surface area contributed by atoms with E-state index in [1.165, 1.54) is 37.9 Å². The monoisotopic (exact) mass is 220 g/mol. The highest BCUT2D eigenvalue weighted by Gasteiger charge is 2.29. The lowest BCUT2D eigenvalue weighted by molar-refractivity contribution is 0.342. The van der Waals surface area contributed by atoms with Crippen LogP contribution in [0.5, 0.6) is 0 Å². The molecule has 3 nitrogen and oxygen atoms in total. The van der Waals surface area contributed by atoms with E-state index in [0.717, 1.165) is 30.5 Å². The summed E-state index contributed by atoms with van der Waals surface area (Å²) in [6, 6.07) is 0. The van der Waals surface area contributed by atoms with Crippen molar-refractivity contribution in [2.45, 2.75) is 44.9 Å². The topological polar surface area (TPSA) is 38.1 Å². The molecule has 0 amide bonds. The number of aryl methyl sites for hydroxylation is 1. The second kappa shape index (κ2) is 4.21.